The van der Waals surface area contributed by atoms with Gasteiger partial charge in [-0.05, 0) is 49.2 Å². The first-order valence-corrected chi connectivity index (χ1v) is 7.58. The van der Waals surface area contributed by atoms with Gasteiger partial charge in [-0.15, -0.1) is 0 Å². The van der Waals surface area contributed by atoms with Gasteiger partial charge in [0.15, 0.2) is 0 Å². The summed E-state index contributed by atoms with van der Waals surface area (Å²) < 4.78 is 15.2. The zero-order chi connectivity index (χ0) is 16.2. The number of aryl methyl sites for hydroxylation is 1. The Kier molecular flexibility index (Phi) is 4.37. The number of rotatable bonds is 6. The van der Waals surface area contributed by atoms with Gasteiger partial charge in [0.2, 0.25) is 0 Å². The van der Waals surface area contributed by atoms with Crippen molar-refractivity contribution in [1.82, 2.24) is 9.55 Å². The predicted octanol–water partition coefficient (Wildman–Crippen LogP) is 4.10. The van der Waals surface area contributed by atoms with Gasteiger partial charge < -0.3 is 9.67 Å². The van der Waals surface area contributed by atoms with Crippen LogP contribution in [0.3, 0.4) is 0 Å². The molecule has 3 aromatic rings. The number of halogens is 1. The fraction of sp³-hybridized carbons (Fsp3) is 0.222. The Hall–Kier alpha value is -2.69. The number of fused-ring (bicyclic) bond motifs is 1. The summed E-state index contributed by atoms with van der Waals surface area (Å²) in [6, 6.07) is 14.1. The number of hydrogen-bond donors (Lipinski definition) is 1. The molecule has 0 aliphatic heterocycles. The summed E-state index contributed by atoms with van der Waals surface area (Å²) in [7, 11) is 0. The van der Waals surface area contributed by atoms with Gasteiger partial charge >= 0.3 is 5.97 Å². The summed E-state index contributed by atoms with van der Waals surface area (Å²) >= 11 is 0. The van der Waals surface area contributed by atoms with Crippen LogP contribution in [0.5, 0.6) is 0 Å². The van der Waals surface area contributed by atoms with E-state index >= 15 is 0 Å². The van der Waals surface area contributed by atoms with Gasteiger partial charge in [-0.1, -0.05) is 12.1 Å². The molecule has 118 valence electrons. The van der Waals surface area contributed by atoms with E-state index in [-0.39, 0.29) is 12.2 Å². The summed E-state index contributed by atoms with van der Waals surface area (Å²) in [5.74, 6) is -0.279. The maximum absolute atomic E-state index is 13.1. The quantitative estimate of drug-likeness (QED) is 0.697. The fourth-order valence-corrected chi connectivity index (χ4v) is 2.67. The topological polar surface area (TPSA) is 55.1 Å². The number of carboxylic acids is 1. The summed E-state index contributed by atoms with van der Waals surface area (Å²) in [6.45, 7) is 0.681. The number of carboxylic acid groups (broad SMARTS) is 1. The summed E-state index contributed by atoms with van der Waals surface area (Å²) in [6.07, 6.45) is 1.53. The van der Waals surface area contributed by atoms with Crippen LogP contribution in [0.2, 0.25) is 0 Å². The second-order valence-corrected chi connectivity index (χ2v) is 5.43. The van der Waals surface area contributed by atoms with E-state index in [1.165, 1.54) is 12.1 Å². The predicted molar refractivity (Wildman–Crippen MR) is 86.6 cm³/mol. The van der Waals surface area contributed by atoms with Crippen LogP contribution in [0.4, 0.5) is 4.39 Å². The fourth-order valence-electron chi connectivity index (χ4n) is 2.67. The van der Waals surface area contributed by atoms with Crippen LogP contribution < -0.4 is 0 Å². The van der Waals surface area contributed by atoms with Gasteiger partial charge in [0.1, 0.15) is 11.6 Å². The monoisotopic (exact) mass is 312 g/mol. The minimum Gasteiger partial charge on any atom is -0.481 e. The molecule has 0 radical (unpaired) electrons. The van der Waals surface area contributed by atoms with Crippen LogP contribution in [0, 0.1) is 5.82 Å². The molecule has 0 spiro atoms. The highest BCUT2D eigenvalue weighted by molar-refractivity contribution is 5.80. The highest BCUT2D eigenvalue weighted by atomic mass is 19.1. The average Bonchev–Trinajstić information content (AvgIpc) is 2.91. The Bertz CT molecular complexity index is 825. The number of imidazole rings is 1. The van der Waals surface area contributed by atoms with Gasteiger partial charge in [-0.2, -0.15) is 0 Å². The number of hydrogen-bond acceptors (Lipinski definition) is 2. The Morgan fingerprint density at radius 3 is 2.57 bits per heavy atom. The molecule has 0 fully saturated rings. The van der Waals surface area contributed by atoms with E-state index in [0.717, 1.165) is 28.8 Å². The van der Waals surface area contributed by atoms with Crippen LogP contribution in [0.15, 0.2) is 48.5 Å². The Balaban J connectivity index is 1.94. The third kappa shape index (κ3) is 3.39. The Morgan fingerprint density at radius 1 is 1.09 bits per heavy atom. The number of nitrogens with zero attached hydrogens (tertiary/aromatic N) is 2. The van der Waals surface area contributed by atoms with Crippen LogP contribution >= 0.6 is 0 Å². The normalized spacial score (nSPS) is 11.0. The molecule has 0 unspecified atom stereocenters. The van der Waals surface area contributed by atoms with Crippen molar-refractivity contribution in [2.45, 2.75) is 25.8 Å². The number of unbranched alkanes of at least 4 members (excludes halogenated alkanes) is 1. The maximum Gasteiger partial charge on any atom is 0.303 e. The molecule has 3 rings (SSSR count). The molecule has 0 aliphatic rings. The summed E-state index contributed by atoms with van der Waals surface area (Å²) in [5, 5.41) is 8.75. The zero-order valence-electron chi connectivity index (χ0n) is 12.6. The van der Waals surface area contributed by atoms with E-state index in [4.69, 9.17) is 5.11 Å². The molecule has 1 N–H and O–H groups in total. The Morgan fingerprint density at radius 2 is 1.83 bits per heavy atom. The van der Waals surface area contributed by atoms with Crippen molar-refractivity contribution in [3.8, 4) is 11.4 Å². The van der Waals surface area contributed by atoms with Crippen LogP contribution in [0.1, 0.15) is 19.3 Å². The largest absolute Gasteiger partial charge is 0.481 e. The van der Waals surface area contributed by atoms with Crippen molar-refractivity contribution in [3.63, 3.8) is 0 Å². The minimum absolute atomic E-state index is 0.165. The molecule has 1 aromatic heterocycles. The molecule has 0 saturated carbocycles. The molecule has 2 aromatic carbocycles. The molecule has 0 atom stereocenters. The SMILES string of the molecule is O=C(O)CCCCn1c(-c2ccc(F)cc2)nc2ccccc21. The van der Waals surface area contributed by atoms with Gasteiger partial charge in [-0.25, -0.2) is 9.37 Å². The molecule has 4 nitrogen and oxygen atoms in total. The van der Waals surface area contributed by atoms with E-state index in [1.807, 2.05) is 24.3 Å². The average molecular weight is 312 g/mol. The minimum atomic E-state index is -0.778. The number of carbonyl (C=O) groups is 1. The molecule has 23 heavy (non-hydrogen) atoms. The van der Waals surface area contributed by atoms with E-state index in [1.54, 1.807) is 12.1 Å². The summed E-state index contributed by atoms with van der Waals surface area (Å²) in [4.78, 5) is 15.3. The lowest BCUT2D eigenvalue weighted by molar-refractivity contribution is -0.137. The third-order valence-electron chi connectivity index (χ3n) is 3.78. The molecule has 0 bridgehead atoms. The third-order valence-corrected chi connectivity index (χ3v) is 3.78. The molecular weight excluding hydrogens is 295 g/mol. The van der Waals surface area contributed by atoms with Gasteiger partial charge in [0, 0.05) is 18.5 Å². The van der Waals surface area contributed by atoms with E-state index in [0.29, 0.717) is 13.0 Å². The van der Waals surface area contributed by atoms with E-state index in [2.05, 4.69) is 9.55 Å². The van der Waals surface area contributed by atoms with Crippen molar-refractivity contribution in [2.24, 2.45) is 0 Å². The molecular formula is C18H17FN2O2. The number of aliphatic carboxylic acids is 1. The van der Waals surface area contributed by atoms with Crippen molar-refractivity contribution >= 4 is 17.0 Å². The lowest BCUT2D eigenvalue weighted by Crippen LogP contribution is -2.02. The summed E-state index contributed by atoms with van der Waals surface area (Å²) in [5.41, 5.74) is 2.73. The Labute approximate surface area is 133 Å². The first-order chi connectivity index (χ1) is 11.1. The lowest BCUT2D eigenvalue weighted by Gasteiger charge is -2.09. The first kappa shape index (κ1) is 15.2. The van der Waals surface area contributed by atoms with Gasteiger partial charge in [0.25, 0.3) is 0 Å². The number of benzene rings is 2. The van der Waals surface area contributed by atoms with Crippen molar-refractivity contribution in [3.05, 3.63) is 54.3 Å². The van der Waals surface area contributed by atoms with E-state index < -0.39 is 5.97 Å². The molecule has 5 heteroatoms. The number of para-hydroxylation sites is 2. The smallest absolute Gasteiger partial charge is 0.303 e. The second-order valence-electron chi connectivity index (χ2n) is 5.43. The molecule has 0 aliphatic carbocycles. The highest BCUT2D eigenvalue weighted by Gasteiger charge is 2.12. The van der Waals surface area contributed by atoms with Gasteiger partial charge in [-0.3, -0.25) is 4.79 Å². The van der Waals surface area contributed by atoms with Crippen molar-refractivity contribution in [1.29, 1.82) is 0 Å². The van der Waals surface area contributed by atoms with Crippen molar-refractivity contribution < 1.29 is 14.3 Å². The second kappa shape index (κ2) is 6.60. The van der Waals surface area contributed by atoms with Crippen LogP contribution in [-0.4, -0.2) is 20.6 Å². The standard InChI is InChI=1S/C18H17FN2O2/c19-14-10-8-13(9-11-14)18-20-15-5-1-2-6-16(15)21(18)12-4-3-7-17(22)23/h1-2,5-6,8-11H,3-4,7,12H2,(H,22,23). The number of aromatic nitrogens is 2. The van der Waals surface area contributed by atoms with Crippen LogP contribution in [0.25, 0.3) is 22.4 Å². The van der Waals surface area contributed by atoms with Gasteiger partial charge in [0.05, 0.1) is 11.0 Å². The first-order valence-electron chi connectivity index (χ1n) is 7.58. The molecule has 0 amide bonds. The van der Waals surface area contributed by atoms with Crippen molar-refractivity contribution in [2.75, 3.05) is 0 Å². The lowest BCUT2D eigenvalue weighted by atomic mass is 10.2. The highest BCUT2D eigenvalue weighted by Crippen LogP contribution is 2.25. The van der Waals surface area contributed by atoms with E-state index in [9.17, 15) is 9.18 Å². The maximum atomic E-state index is 13.1. The molecule has 0 saturated heterocycles. The van der Waals surface area contributed by atoms with Crippen LogP contribution in [-0.2, 0) is 11.3 Å². The zero-order valence-corrected chi connectivity index (χ0v) is 12.6. The molecule has 1 heterocycles.